The molecule has 3 fully saturated rings. The Balaban J connectivity index is 0.000000249. The number of anilines is 1. The Morgan fingerprint density at radius 2 is 0.761 bits per heavy atom. The smallest absolute Gasteiger partial charge is 0.425 e. The van der Waals surface area contributed by atoms with Crippen molar-refractivity contribution in [2.45, 2.75) is 131 Å². The molecule has 0 saturated carbocycles. The van der Waals surface area contributed by atoms with E-state index in [1.54, 1.807) is 58.1 Å². The van der Waals surface area contributed by atoms with Gasteiger partial charge < -0.3 is 31.9 Å². The minimum atomic E-state index is -3.11. The number of hydrogen-bond donors (Lipinski definition) is 6. The molecule has 740 valence electrons. The number of aromatic carboxylic acids is 1. The number of nitrogens with one attached hydrogen (secondary N) is 3. The van der Waals surface area contributed by atoms with Crippen LogP contribution >= 0.6 is 44.3 Å². The number of halogens is 3. The van der Waals surface area contributed by atoms with Crippen molar-refractivity contribution in [3.05, 3.63) is 369 Å². The van der Waals surface area contributed by atoms with Gasteiger partial charge in [-0.05, 0) is 219 Å². The summed E-state index contributed by atoms with van der Waals surface area (Å²) >= 11 is 6.62. The highest BCUT2D eigenvalue weighted by Gasteiger charge is 2.25. The van der Waals surface area contributed by atoms with E-state index >= 15 is 0 Å². The Labute approximate surface area is 850 Å². The highest BCUT2D eigenvalue weighted by atomic mass is 79.9. The fraction of sp³-hybridized carbons (Fsp3) is 0.267. The number of hydrogen-bond acceptors (Lipinski definition) is 24. The number of carboxylic acids is 1. The van der Waals surface area contributed by atoms with E-state index in [-0.39, 0.29) is 79.5 Å². The van der Waals surface area contributed by atoms with Gasteiger partial charge in [-0.3, -0.25) is 42.5 Å². The molecular formula is C105H108Br2ClN13O18S3. The summed E-state index contributed by atoms with van der Waals surface area (Å²) in [5.74, 6) is 18.8. The lowest BCUT2D eigenvalue weighted by molar-refractivity contribution is -0.123. The third kappa shape index (κ3) is 39.9. The summed E-state index contributed by atoms with van der Waals surface area (Å²) in [4.78, 5) is 107. The molecule has 37 heteroatoms. The molecule has 4 unspecified atom stereocenters. The molecule has 142 heavy (non-hydrogen) atoms. The van der Waals surface area contributed by atoms with Crippen molar-refractivity contribution in [1.82, 2.24) is 59.6 Å². The van der Waals surface area contributed by atoms with Crippen LogP contribution in [0.1, 0.15) is 145 Å². The summed E-state index contributed by atoms with van der Waals surface area (Å²) in [6, 6.07) is 69.6. The molecule has 7 N–H and O–H groups in total. The van der Waals surface area contributed by atoms with Crippen LogP contribution in [0.25, 0.3) is 32.7 Å². The van der Waals surface area contributed by atoms with Crippen molar-refractivity contribution in [3.8, 4) is 36.0 Å². The number of amides is 3. The first-order chi connectivity index (χ1) is 66.9. The van der Waals surface area contributed by atoms with E-state index in [1.807, 2.05) is 114 Å². The molecule has 3 saturated heterocycles. The topological polar surface area (TPSA) is 468 Å². The van der Waals surface area contributed by atoms with Gasteiger partial charge in [0.25, 0.3) is 16.7 Å². The molecule has 3 amide bonds. The molecular weight excluding hydrogens is 2020 g/mol. The average molecular weight is 2130 g/mol. The van der Waals surface area contributed by atoms with Crippen LogP contribution in [0.2, 0.25) is 0 Å². The van der Waals surface area contributed by atoms with Crippen molar-refractivity contribution < 1.29 is 67.3 Å². The first kappa shape index (κ1) is 116. The van der Waals surface area contributed by atoms with Gasteiger partial charge >= 0.3 is 37.8 Å². The monoisotopic (exact) mass is 2130 g/mol. The van der Waals surface area contributed by atoms with Gasteiger partial charge in [0.2, 0.25) is 17.7 Å². The zero-order valence-corrected chi connectivity index (χ0v) is 82.2. The van der Waals surface area contributed by atoms with Gasteiger partial charge in [-0.2, -0.15) is 0 Å². The van der Waals surface area contributed by atoms with E-state index in [4.69, 9.17) is 65.2 Å². The molecule has 6 aliphatic rings. The molecule has 4 atom stereocenters. The zero-order valence-electron chi connectivity index (χ0n) is 75.8. The second kappa shape index (κ2) is 61.0. The van der Waals surface area contributed by atoms with Gasteiger partial charge in [-0.25, -0.2) is 34.7 Å². The van der Waals surface area contributed by atoms with Gasteiger partial charge in [0.05, 0.1) is 38.3 Å². The lowest BCUT2D eigenvalue weighted by atomic mass is 9.92. The number of terminal acetylenes is 1. The number of nitrogens with zero attached hydrogens (tertiary/aromatic N) is 9. The molecule has 6 aromatic heterocycles. The molecule has 0 radical (unpaired) electrons. The summed E-state index contributed by atoms with van der Waals surface area (Å²) in [7, 11) is -9.33. The molecule has 12 heterocycles. The summed E-state index contributed by atoms with van der Waals surface area (Å²) in [6.07, 6.45) is 23.4. The number of rotatable bonds is 8. The molecule has 0 bridgehead atoms. The van der Waals surface area contributed by atoms with E-state index in [0.29, 0.717) is 95.5 Å². The third-order valence-corrected chi connectivity index (χ3v) is 23.0. The summed E-state index contributed by atoms with van der Waals surface area (Å²) in [5.41, 5.74) is 18.1. The van der Waals surface area contributed by atoms with E-state index in [9.17, 15) is 33.6 Å². The number of aryl methyl sites for hydroxylation is 3. The SMILES string of the molecule is C.C.C#Cc1ccccn1.C=C1CCc2nc3cc(C#Cc4ccccn4)ccc3c(=O)n2C1.C=C1CCc2nc3cc(C#Cc4ccccn4)ccc3c(=O)n2C1.Cl.Nc1cc(Br)ccc1C(=O)O.O=C1CCC(CO)CN1.O=C1CCC(Cc2ccccc2)CN1.O=C1CCC(Cc2ccccc2)CN1.O=S(=O)=O.O=S(=O)=O.O=S(=O)=O.O=c1c2ccc(Br)cc2nc2n1CC(Cc1ccccc1)CC2. The normalized spacial score (nSPS) is 15.0. The number of carboxylic acid groups (broad SMARTS) is 1. The number of piperidine rings is 3. The highest BCUT2D eigenvalue weighted by molar-refractivity contribution is 9.10. The lowest BCUT2D eigenvalue weighted by Gasteiger charge is -2.26. The number of aromatic nitrogens is 9. The van der Waals surface area contributed by atoms with Gasteiger partial charge in [0.15, 0.2) is 0 Å². The van der Waals surface area contributed by atoms with Gasteiger partial charge in [-0.15, -0.1) is 56.7 Å². The Hall–Kier alpha value is -14.7. The van der Waals surface area contributed by atoms with Crippen LogP contribution < -0.4 is 38.4 Å². The number of carbonyl (C=O) groups excluding carboxylic acids is 3. The highest BCUT2D eigenvalue weighted by Crippen LogP contribution is 2.27. The number of carbonyl (C=O) groups is 4. The summed E-state index contributed by atoms with van der Waals surface area (Å²) in [5, 5.41) is 27.6. The van der Waals surface area contributed by atoms with Crippen LogP contribution in [0.5, 0.6) is 0 Å². The quantitative estimate of drug-likeness (QED) is 0.0467. The van der Waals surface area contributed by atoms with Gasteiger partial charge in [0, 0.05) is 129 Å². The molecule has 6 aliphatic heterocycles. The number of fused-ring (bicyclic) bond motifs is 6. The van der Waals surface area contributed by atoms with Crippen LogP contribution in [0, 0.1) is 59.7 Å². The number of aliphatic hydroxyl groups is 1. The Morgan fingerprint density at radius 1 is 0.423 bits per heavy atom. The predicted octanol–water partition coefficient (Wildman–Crippen LogP) is 13.8. The van der Waals surface area contributed by atoms with Crippen LogP contribution in [0.3, 0.4) is 0 Å². The van der Waals surface area contributed by atoms with Crippen LogP contribution in [0.4, 0.5) is 5.69 Å². The van der Waals surface area contributed by atoms with Crippen LogP contribution in [0.15, 0.2) is 285 Å². The van der Waals surface area contributed by atoms with Crippen molar-refractivity contribution in [3.63, 3.8) is 0 Å². The maximum absolute atomic E-state index is 12.8. The summed E-state index contributed by atoms with van der Waals surface area (Å²) < 4.78 is 83.1. The molecule has 7 aromatic carbocycles. The number of aliphatic hydroxyl groups excluding tert-OH is 1. The fourth-order valence-electron chi connectivity index (χ4n) is 15.1. The van der Waals surface area contributed by atoms with Crippen molar-refractivity contribution in [1.29, 1.82) is 0 Å². The second-order valence-corrected chi connectivity index (χ2v) is 35.2. The number of pyridine rings is 3. The molecule has 19 rings (SSSR count). The number of allylic oxidation sites excluding steroid dienone is 2. The number of nitrogens with two attached hydrogens (primary N) is 1. The molecule has 0 aliphatic carbocycles. The largest absolute Gasteiger partial charge is 0.478 e. The number of nitrogen functional groups attached to an aromatic ring is 1. The van der Waals surface area contributed by atoms with Crippen molar-refractivity contribution in [2.75, 3.05) is 32.0 Å². The maximum Gasteiger partial charge on any atom is 0.425 e. The first-order valence-electron chi connectivity index (χ1n) is 43.8. The van der Waals surface area contributed by atoms with E-state index in [0.717, 1.165) is 162 Å². The first-order valence-corrected chi connectivity index (χ1v) is 48.4. The second-order valence-electron chi connectivity index (χ2n) is 32.1. The lowest BCUT2D eigenvalue weighted by Crippen LogP contribution is -2.36. The minimum Gasteiger partial charge on any atom is -0.478 e. The molecule has 31 nitrogen and oxygen atoms in total. The zero-order chi connectivity index (χ0) is 100. The van der Waals surface area contributed by atoms with Crippen LogP contribution in [-0.2, 0) is 104 Å². The van der Waals surface area contributed by atoms with Gasteiger partial charge in [-0.1, -0.05) is 198 Å². The van der Waals surface area contributed by atoms with Crippen LogP contribution in [-0.4, -0.2) is 142 Å². The third-order valence-electron chi connectivity index (χ3n) is 22.0. The Bertz CT molecular complexity index is 6910. The average Bonchev–Trinajstić information content (AvgIpc) is 0.775. The minimum absolute atomic E-state index is 0. The van der Waals surface area contributed by atoms with Crippen molar-refractivity contribution >= 4 is 138 Å². The number of benzene rings is 7. The standard InChI is InChI=1S/2C20H15N3O.C19H17BrN2O.2C12H15NO.C7H6BrNO2.C7H5N.C6H11NO2.2CH4.ClH.3O3S/c2*1-14-5-10-19-22-18-12-15(6-8-16-4-2-3-11-21-16)7-9-17(18)20(24)23(19)13-14;20-15-7-8-16-17(11-15)21-18-9-6-14(12-22(18)19(16)23)10-13-4-2-1-3-5-13;2*14-12-7-6-11(9-13-12)8-10-4-2-1-3-5-10;8-4-1-2-5(7(10)11)6(9)3-4;1-2-7-5-3-4-6-8-7;8-4-5-1-2-6(9)7-3-5;;;;3*1-4(2)3/h2*2-4,7,9,11-12H,1,5,10,13H2;1-5,7-8,11,14H,6,9-10,12H2;2*1-5,11H,6-9H2,(H,13,14);1-3H,9H2,(H,10,11);1,3-6H;5,8H,1-4H2,(H,7,9);2*1H4;1H;;;. The Morgan fingerprint density at radius 3 is 1.11 bits per heavy atom. The predicted molar refractivity (Wildman–Crippen MR) is 555 cm³/mol. The fourth-order valence-corrected chi connectivity index (χ4v) is 15.8. The van der Waals surface area contributed by atoms with E-state index in [1.165, 1.54) is 22.8 Å². The Kier molecular flexibility index (Phi) is 49.9. The maximum atomic E-state index is 12.8. The van der Waals surface area contributed by atoms with E-state index in [2.05, 4.69) is 188 Å². The molecule has 13 aromatic rings. The van der Waals surface area contributed by atoms with E-state index < -0.39 is 37.8 Å². The van der Waals surface area contributed by atoms with Gasteiger partial charge in [0.1, 0.15) is 34.6 Å². The molecule has 0 spiro atoms. The van der Waals surface area contributed by atoms with Crippen molar-refractivity contribution in [2.24, 2.45) is 23.7 Å². The summed E-state index contributed by atoms with van der Waals surface area (Å²) in [6.45, 7) is 12.4.